The smallest absolute Gasteiger partial charge is 0.332 e. The van der Waals surface area contributed by atoms with Crippen LogP contribution in [-0.2, 0) is 0 Å². The van der Waals surface area contributed by atoms with Crippen molar-refractivity contribution in [1.29, 1.82) is 0 Å². The van der Waals surface area contributed by atoms with Gasteiger partial charge in [0.2, 0.25) is 0 Å². The number of rotatable bonds is 3. The molecular formula is C18H31N3O. The first-order chi connectivity index (χ1) is 10.1. The van der Waals surface area contributed by atoms with Gasteiger partial charge >= 0.3 is 6.03 Å². The highest BCUT2D eigenvalue weighted by atomic mass is 16.2. The van der Waals surface area contributed by atoms with Crippen LogP contribution >= 0.6 is 0 Å². The summed E-state index contributed by atoms with van der Waals surface area (Å²) in [6, 6.07) is -0.596. The van der Waals surface area contributed by atoms with E-state index >= 15 is 0 Å². The molecule has 0 aliphatic heterocycles. The minimum absolute atomic E-state index is 0.275. The molecule has 2 aliphatic rings. The fourth-order valence-corrected chi connectivity index (χ4v) is 4.19. The van der Waals surface area contributed by atoms with Crippen LogP contribution in [0.5, 0.6) is 0 Å². The number of nitrogens with one attached hydrogen (secondary N) is 1. The third-order valence-corrected chi connectivity index (χ3v) is 5.65. The van der Waals surface area contributed by atoms with Gasteiger partial charge in [0.05, 0.1) is 0 Å². The van der Waals surface area contributed by atoms with Crippen LogP contribution < -0.4 is 11.2 Å². The molecule has 0 radical (unpaired) electrons. The fourth-order valence-electron chi connectivity index (χ4n) is 4.19. The van der Waals surface area contributed by atoms with Gasteiger partial charge in [0.15, 0.2) is 0 Å². The van der Waals surface area contributed by atoms with Gasteiger partial charge in [-0.3, -0.25) is 0 Å². The van der Waals surface area contributed by atoms with Crippen molar-refractivity contribution in [2.75, 3.05) is 0 Å². The number of hydrogen-bond donors (Lipinski definition) is 2. The van der Waals surface area contributed by atoms with Crippen LogP contribution in [0, 0.1) is 16.7 Å². The molecule has 0 aromatic heterocycles. The van der Waals surface area contributed by atoms with Crippen molar-refractivity contribution in [3.63, 3.8) is 0 Å². The quantitative estimate of drug-likeness (QED) is 0.454. The number of nitrogens with two attached hydrogens (primary N) is 1. The van der Waals surface area contributed by atoms with Gasteiger partial charge in [0.25, 0.3) is 0 Å². The number of primary amides is 1. The number of allylic oxidation sites excluding steroid dienone is 2. The second kappa shape index (κ2) is 6.05. The molecule has 0 saturated carbocycles. The lowest BCUT2D eigenvalue weighted by Crippen LogP contribution is -2.36. The Hall–Kier alpha value is -1.32. The lowest BCUT2D eigenvalue weighted by molar-refractivity contribution is 0.166. The van der Waals surface area contributed by atoms with Crippen molar-refractivity contribution < 1.29 is 4.79 Å². The lowest BCUT2D eigenvalue weighted by Gasteiger charge is -2.47. The van der Waals surface area contributed by atoms with Crippen LogP contribution in [0.1, 0.15) is 73.1 Å². The summed E-state index contributed by atoms with van der Waals surface area (Å²) in [5.41, 5.74) is 12.4. The normalized spacial score (nSPS) is 27.3. The van der Waals surface area contributed by atoms with Gasteiger partial charge in [-0.05, 0) is 62.2 Å². The third kappa shape index (κ3) is 3.71. The third-order valence-electron chi connectivity index (χ3n) is 5.65. The zero-order valence-electron chi connectivity index (χ0n) is 14.8. The number of carbonyl (C=O) groups is 1. The second-order valence-corrected chi connectivity index (χ2v) is 8.41. The van der Waals surface area contributed by atoms with Crippen LogP contribution in [0.25, 0.3) is 0 Å². The Labute approximate surface area is 134 Å². The Balaban J connectivity index is 2.16. The number of amides is 2. The van der Waals surface area contributed by atoms with E-state index < -0.39 is 6.03 Å². The number of carbonyl (C=O) groups excluding carboxylic acids is 1. The Morgan fingerprint density at radius 1 is 1.36 bits per heavy atom. The van der Waals surface area contributed by atoms with Crippen LogP contribution in [0.4, 0.5) is 4.79 Å². The summed E-state index contributed by atoms with van der Waals surface area (Å²) < 4.78 is 0. The molecule has 0 aromatic carbocycles. The first kappa shape index (κ1) is 17.0. The van der Waals surface area contributed by atoms with Gasteiger partial charge in [-0.15, -0.1) is 0 Å². The van der Waals surface area contributed by atoms with Crippen molar-refractivity contribution in [2.24, 2.45) is 27.6 Å². The molecule has 22 heavy (non-hydrogen) atoms. The summed E-state index contributed by atoms with van der Waals surface area (Å²) in [6.45, 7) is 11.5. The molecule has 2 rings (SSSR count). The zero-order chi connectivity index (χ0) is 16.5. The molecule has 2 aliphatic carbocycles. The molecule has 1 unspecified atom stereocenters. The minimum Gasteiger partial charge on any atom is -0.350 e. The van der Waals surface area contributed by atoms with Gasteiger partial charge < -0.3 is 5.73 Å². The molecule has 124 valence electrons. The van der Waals surface area contributed by atoms with E-state index in [1.165, 1.54) is 32.1 Å². The maximum atomic E-state index is 10.8. The van der Waals surface area contributed by atoms with Crippen molar-refractivity contribution in [1.82, 2.24) is 5.43 Å². The molecule has 0 fully saturated rings. The van der Waals surface area contributed by atoms with E-state index in [0.717, 1.165) is 12.1 Å². The first-order valence-electron chi connectivity index (χ1n) is 8.42. The molecule has 4 heteroatoms. The number of nitrogens with zero attached hydrogens (tertiary/aromatic N) is 1. The summed E-state index contributed by atoms with van der Waals surface area (Å²) in [5, 5.41) is 4.09. The van der Waals surface area contributed by atoms with Gasteiger partial charge in [-0.25, -0.2) is 10.2 Å². The summed E-state index contributed by atoms with van der Waals surface area (Å²) >= 11 is 0. The average Bonchev–Trinajstić information content (AvgIpc) is 2.38. The summed E-state index contributed by atoms with van der Waals surface area (Å²) in [5.74, 6) is 0.582. The Morgan fingerprint density at radius 3 is 2.68 bits per heavy atom. The van der Waals surface area contributed by atoms with Gasteiger partial charge in [0.1, 0.15) is 0 Å². The molecule has 0 aromatic rings. The minimum atomic E-state index is -0.596. The van der Waals surface area contributed by atoms with Crippen molar-refractivity contribution >= 4 is 11.7 Å². The standard InChI is InChI=1S/C18H31N3O/c1-12(20-21-16(19)22)9-14-10-13-7-6-8-17(2,3)15(13)11-18(14,4)5/h14H,6-11H2,1-5H3,(H3,19,21,22)/b20-12+. The molecule has 0 spiro atoms. The predicted molar refractivity (Wildman–Crippen MR) is 91.6 cm³/mol. The highest BCUT2D eigenvalue weighted by molar-refractivity contribution is 5.84. The van der Waals surface area contributed by atoms with Crippen LogP contribution in [0.2, 0.25) is 0 Å². The highest BCUT2D eigenvalue weighted by Gasteiger charge is 2.41. The topological polar surface area (TPSA) is 67.5 Å². The zero-order valence-corrected chi connectivity index (χ0v) is 14.8. The second-order valence-electron chi connectivity index (χ2n) is 8.41. The van der Waals surface area contributed by atoms with E-state index in [1.807, 2.05) is 6.92 Å². The summed E-state index contributed by atoms with van der Waals surface area (Å²) in [4.78, 5) is 10.8. The van der Waals surface area contributed by atoms with E-state index in [-0.39, 0.29) is 5.41 Å². The van der Waals surface area contributed by atoms with Gasteiger partial charge in [0, 0.05) is 5.71 Å². The fraction of sp³-hybridized carbons (Fsp3) is 0.778. The summed E-state index contributed by atoms with van der Waals surface area (Å²) in [7, 11) is 0. The number of hydrogen-bond acceptors (Lipinski definition) is 2. The lowest BCUT2D eigenvalue weighted by atomic mass is 9.57. The largest absolute Gasteiger partial charge is 0.350 e. The van der Waals surface area contributed by atoms with E-state index in [0.29, 0.717) is 11.3 Å². The van der Waals surface area contributed by atoms with E-state index in [1.54, 1.807) is 11.1 Å². The molecule has 2 amide bonds. The number of hydrazone groups is 1. The Morgan fingerprint density at radius 2 is 2.05 bits per heavy atom. The summed E-state index contributed by atoms with van der Waals surface area (Å²) in [6.07, 6.45) is 7.18. The SMILES string of the molecule is C/C(CC1CC2=C(CC1(C)C)C(C)(C)CCC2)=N\NC(N)=O. The van der Waals surface area contributed by atoms with Crippen LogP contribution in [0.3, 0.4) is 0 Å². The molecule has 4 nitrogen and oxygen atoms in total. The molecular weight excluding hydrogens is 274 g/mol. The van der Waals surface area contributed by atoms with Crippen molar-refractivity contribution in [3.05, 3.63) is 11.1 Å². The Kier molecular flexibility index (Phi) is 4.69. The van der Waals surface area contributed by atoms with Gasteiger partial charge in [-0.2, -0.15) is 5.10 Å². The van der Waals surface area contributed by atoms with Gasteiger partial charge in [-0.1, -0.05) is 38.8 Å². The molecule has 0 heterocycles. The van der Waals surface area contributed by atoms with Crippen molar-refractivity contribution in [3.8, 4) is 0 Å². The maximum absolute atomic E-state index is 10.8. The molecule has 1 atom stereocenters. The molecule has 0 saturated heterocycles. The first-order valence-corrected chi connectivity index (χ1v) is 8.42. The van der Waals surface area contributed by atoms with E-state index in [9.17, 15) is 4.79 Å². The highest BCUT2D eigenvalue weighted by Crippen LogP contribution is 2.54. The van der Waals surface area contributed by atoms with Crippen LogP contribution in [0.15, 0.2) is 16.2 Å². The average molecular weight is 305 g/mol. The van der Waals surface area contributed by atoms with E-state index in [2.05, 4.69) is 38.2 Å². The maximum Gasteiger partial charge on any atom is 0.332 e. The monoisotopic (exact) mass is 305 g/mol. The predicted octanol–water partition coefficient (Wildman–Crippen LogP) is 4.36. The van der Waals surface area contributed by atoms with Crippen molar-refractivity contribution in [2.45, 2.75) is 73.1 Å². The molecule has 0 bridgehead atoms. The van der Waals surface area contributed by atoms with E-state index in [4.69, 9.17) is 5.73 Å². The molecule has 3 N–H and O–H groups in total. The Bertz CT molecular complexity index is 514. The van der Waals surface area contributed by atoms with Crippen LogP contribution in [-0.4, -0.2) is 11.7 Å². The number of urea groups is 1.